The molecular formula is C14H19ClO3. The summed E-state index contributed by atoms with van der Waals surface area (Å²) in [5.74, 6) is -0.624. The first-order valence-electron chi connectivity index (χ1n) is 5.99. The lowest BCUT2D eigenvalue weighted by Crippen LogP contribution is -2.28. The van der Waals surface area contributed by atoms with Crippen LogP contribution in [-0.2, 0) is 16.0 Å². The van der Waals surface area contributed by atoms with Crippen LogP contribution in [0, 0.1) is 12.8 Å². The van der Waals surface area contributed by atoms with Crippen molar-refractivity contribution < 1.29 is 14.6 Å². The van der Waals surface area contributed by atoms with Crippen molar-refractivity contribution in [3.05, 3.63) is 34.3 Å². The quantitative estimate of drug-likeness (QED) is 0.863. The summed E-state index contributed by atoms with van der Waals surface area (Å²) in [7, 11) is 0. The van der Waals surface area contributed by atoms with Crippen LogP contribution in [0.25, 0.3) is 0 Å². The average Bonchev–Trinajstić information content (AvgIpc) is 2.28. The van der Waals surface area contributed by atoms with Crippen LogP contribution in [-0.4, -0.2) is 23.8 Å². The van der Waals surface area contributed by atoms with E-state index in [1.807, 2.05) is 32.9 Å². The second-order valence-corrected chi connectivity index (χ2v) is 5.25. The highest BCUT2D eigenvalue weighted by atomic mass is 35.5. The van der Waals surface area contributed by atoms with Crippen LogP contribution < -0.4 is 0 Å². The normalized spacial score (nSPS) is 12.7. The summed E-state index contributed by atoms with van der Waals surface area (Å²) in [6, 6.07) is 5.57. The molecule has 3 nitrogen and oxygen atoms in total. The Balaban J connectivity index is 2.70. The molecule has 18 heavy (non-hydrogen) atoms. The van der Waals surface area contributed by atoms with Crippen molar-refractivity contribution in [1.29, 1.82) is 0 Å². The second kappa shape index (κ2) is 6.76. The van der Waals surface area contributed by atoms with Crippen LogP contribution in [0.15, 0.2) is 18.2 Å². The summed E-state index contributed by atoms with van der Waals surface area (Å²) in [5, 5.41) is 9.77. The predicted octanol–water partition coefficient (Wildman–Crippen LogP) is 3.32. The van der Waals surface area contributed by atoms with Crippen molar-refractivity contribution in [1.82, 2.24) is 0 Å². The third-order valence-corrected chi connectivity index (χ3v) is 2.97. The van der Waals surface area contributed by atoms with Gasteiger partial charge in [0.25, 0.3) is 0 Å². The zero-order valence-corrected chi connectivity index (χ0v) is 11.7. The van der Waals surface area contributed by atoms with Gasteiger partial charge >= 0.3 is 5.97 Å². The maximum absolute atomic E-state index is 11.1. The Bertz CT molecular complexity index is 416. The van der Waals surface area contributed by atoms with Gasteiger partial charge in [0.05, 0.1) is 6.61 Å². The summed E-state index contributed by atoms with van der Waals surface area (Å²) >= 11 is 6.02. The van der Waals surface area contributed by atoms with Gasteiger partial charge in [0.2, 0.25) is 0 Å². The van der Waals surface area contributed by atoms with E-state index in [9.17, 15) is 4.79 Å². The van der Waals surface area contributed by atoms with Gasteiger partial charge in [-0.25, -0.2) is 4.79 Å². The highest BCUT2D eigenvalue weighted by Crippen LogP contribution is 2.18. The molecule has 0 aliphatic rings. The summed E-state index contributed by atoms with van der Waals surface area (Å²) < 4.78 is 5.40. The highest BCUT2D eigenvalue weighted by molar-refractivity contribution is 6.31. The van der Waals surface area contributed by atoms with E-state index in [2.05, 4.69) is 0 Å². The number of rotatable bonds is 6. The molecule has 0 saturated carbocycles. The monoisotopic (exact) mass is 270 g/mol. The number of carbonyl (C=O) groups is 1. The first kappa shape index (κ1) is 15.0. The van der Waals surface area contributed by atoms with E-state index in [0.29, 0.717) is 24.0 Å². The Morgan fingerprint density at radius 2 is 2.11 bits per heavy atom. The van der Waals surface area contributed by atoms with Gasteiger partial charge < -0.3 is 9.84 Å². The number of halogens is 1. The predicted molar refractivity (Wildman–Crippen MR) is 72.1 cm³/mol. The van der Waals surface area contributed by atoms with Gasteiger partial charge in [0.15, 0.2) is 6.10 Å². The fourth-order valence-electron chi connectivity index (χ4n) is 1.50. The molecule has 1 aromatic carbocycles. The maximum atomic E-state index is 11.1. The molecule has 1 rings (SSSR count). The van der Waals surface area contributed by atoms with E-state index in [0.717, 1.165) is 11.1 Å². The fourth-order valence-corrected chi connectivity index (χ4v) is 1.71. The van der Waals surface area contributed by atoms with Gasteiger partial charge in [-0.3, -0.25) is 0 Å². The molecule has 0 radical (unpaired) electrons. The number of aryl methyl sites for hydroxylation is 1. The average molecular weight is 271 g/mol. The van der Waals surface area contributed by atoms with Crippen molar-refractivity contribution in [3.63, 3.8) is 0 Å². The van der Waals surface area contributed by atoms with E-state index in [-0.39, 0.29) is 0 Å². The third-order valence-electron chi connectivity index (χ3n) is 2.56. The largest absolute Gasteiger partial charge is 0.479 e. The lowest BCUT2D eigenvalue weighted by Gasteiger charge is -2.15. The first-order chi connectivity index (χ1) is 8.40. The zero-order chi connectivity index (χ0) is 13.7. The van der Waals surface area contributed by atoms with E-state index in [1.165, 1.54) is 0 Å². The molecule has 0 fully saturated rings. The van der Waals surface area contributed by atoms with Gasteiger partial charge in [-0.15, -0.1) is 0 Å². The minimum Gasteiger partial charge on any atom is -0.479 e. The number of hydrogen-bond acceptors (Lipinski definition) is 2. The smallest absolute Gasteiger partial charge is 0.333 e. The Morgan fingerprint density at radius 1 is 1.44 bits per heavy atom. The molecule has 0 amide bonds. The van der Waals surface area contributed by atoms with Crippen molar-refractivity contribution in [2.75, 3.05) is 6.61 Å². The Labute approximate surface area is 113 Å². The molecule has 0 saturated heterocycles. The number of hydrogen-bond donors (Lipinski definition) is 1. The molecule has 1 atom stereocenters. The standard InChI is InChI=1S/C14H19ClO3/c1-9(2)8-18-13(14(16)17)7-11-5-4-10(3)12(15)6-11/h4-6,9,13H,7-8H2,1-3H3,(H,16,17)/t13-/m0/s1. The van der Waals surface area contributed by atoms with Crippen molar-refractivity contribution in [3.8, 4) is 0 Å². The summed E-state index contributed by atoms with van der Waals surface area (Å²) in [4.78, 5) is 11.1. The van der Waals surface area contributed by atoms with Crippen LogP contribution >= 0.6 is 11.6 Å². The molecule has 0 aliphatic heterocycles. The summed E-state index contributed by atoms with van der Waals surface area (Å²) in [6.07, 6.45) is -0.478. The minimum atomic E-state index is -0.938. The fraction of sp³-hybridized carbons (Fsp3) is 0.500. The molecule has 0 aromatic heterocycles. The van der Waals surface area contributed by atoms with E-state index in [4.69, 9.17) is 21.4 Å². The minimum absolute atomic E-state index is 0.313. The van der Waals surface area contributed by atoms with E-state index >= 15 is 0 Å². The number of benzene rings is 1. The molecule has 0 spiro atoms. The van der Waals surface area contributed by atoms with E-state index < -0.39 is 12.1 Å². The van der Waals surface area contributed by atoms with Crippen molar-refractivity contribution >= 4 is 17.6 Å². The van der Waals surface area contributed by atoms with Gasteiger partial charge in [0, 0.05) is 11.4 Å². The lowest BCUT2D eigenvalue weighted by molar-refractivity contribution is -0.150. The number of carboxylic acids is 1. The number of carboxylic acid groups (broad SMARTS) is 1. The maximum Gasteiger partial charge on any atom is 0.333 e. The number of ether oxygens (including phenoxy) is 1. The van der Waals surface area contributed by atoms with Crippen LogP contribution in [0.3, 0.4) is 0 Å². The zero-order valence-electron chi connectivity index (χ0n) is 10.9. The molecule has 100 valence electrons. The van der Waals surface area contributed by atoms with Crippen LogP contribution in [0.2, 0.25) is 5.02 Å². The van der Waals surface area contributed by atoms with Crippen LogP contribution in [0.1, 0.15) is 25.0 Å². The first-order valence-corrected chi connectivity index (χ1v) is 6.37. The molecule has 4 heteroatoms. The van der Waals surface area contributed by atoms with Gasteiger partial charge in [-0.05, 0) is 30.0 Å². The SMILES string of the molecule is Cc1ccc(C[C@H](OCC(C)C)C(=O)O)cc1Cl. The molecular weight excluding hydrogens is 252 g/mol. The Hall–Kier alpha value is -1.06. The second-order valence-electron chi connectivity index (χ2n) is 4.84. The van der Waals surface area contributed by atoms with Crippen molar-refractivity contribution in [2.24, 2.45) is 5.92 Å². The molecule has 0 heterocycles. The van der Waals surface area contributed by atoms with E-state index in [1.54, 1.807) is 6.07 Å². The molecule has 0 aliphatic carbocycles. The Morgan fingerprint density at radius 3 is 2.61 bits per heavy atom. The van der Waals surface area contributed by atoms with Gasteiger partial charge in [0.1, 0.15) is 0 Å². The topological polar surface area (TPSA) is 46.5 Å². The van der Waals surface area contributed by atoms with Crippen LogP contribution in [0.4, 0.5) is 0 Å². The van der Waals surface area contributed by atoms with Crippen LogP contribution in [0.5, 0.6) is 0 Å². The third kappa shape index (κ3) is 4.67. The molecule has 1 aromatic rings. The number of aliphatic carboxylic acids is 1. The van der Waals surface area contributed by atoms with Crippen molar-refractivity contribution in [2.45, 2.75) is 33.3 Å². The highest BCUT2D eigenvalue weighted by Gasteiger charge is 2.19. The molecule has 0 unspecified atom stereocenters. The molecule has 0 bridgehead atoms. The summed E-state index contributed by atoms with van der Waals surface area (Å²) in [6.45, 7) is 6.33. The molecule has 1 N–H and O–H groups in total. The van der Waals surface area contributed by atoms with Gasteiger partial charge in [-0.2, -0.15) is 0 Å². The summed E-state index contributed by atoms with van der Waals surface area (Å²) in [5.41, 5.74) is 1.86. The Kier molecular flexibility index (Phi) is 5.63. The van der Waals surface area contributed by atoms with Gasteiger partial charge in [-0.1, -0.05) is 37.6 Å². The lowest BCUT2D eigenvalue weighted by atomic mass is 10.1.